The fraction of sp³-hybridized carbons (Fsp3) is 0. The monoisotopic (exact) mass is 660 g/mol. The zero-order valence-corrected chi connectivity index (χ0v) is 28.4. The van der Waals surface area contributed by atoms with E-state index in [1.165, 1.54) is 93.1 Å². The van der Waals surface area contributed by atoms with Crippen molar-refractivity contribution in [1.82, 2.24) is 9.13 Å². The van der Waals surface area contributed by atoms with Crippen molar-refractivity contribution in [1.29, 1.82) is 0 Å². The molecule has 242 valence electrons. The highest BCUT2D eigenvalue weighted by Gasteiger charge is 2.21. The molecule has 2 aromatic heterocycles. The van der Waals surface area contributed by atoms with Crippen molar-refractivity contribution in [2.75, 3.05) is 0 Å². The van der Waals surface area contributed by atoms with Crippen molar-refractivity contribution in [2.24, 2.45) is 0 Å². The first kappa shape index (κ1) is 28.9. The van der Waals surface area contributed by atoms with Gasteiger partial charge in [-0.2, -0.15) is 0 Å². The topological polar surface area (TPSA) is 9.86 Å². The first-order valence-electron chi connectivity index (χ1n) is 17.9. The number of hydrogen-bond acceptors (Lipinski definition) is 0. The van der Waals surface area contributed by atoms with E-state index in [-0.39, 0.29) is 0 Å². The van der Waals surface area contributed by atoms with E-state index in [1.54, 1.807) is 0 Å². The highest BCUT2D eigenvalue weighted by atomic mass is 15.0. The van der Waals surface area contributed by atoms with Crippen LogP contribution in [0.4, 0.5) is 0 Å². The van der Waals surface area contributed by atoms with Crippen LogP contribution >= 0.6 is 0 Å². The van der Waals surface area contributed by atoms with Crippen molar-refractivity contribution in [3.63, 3.8) is 0 Å². The van der Waals surface area contributed by atoms with Crippen LogP contribution in [0, 0.1) is 0 Å². The molecule has 0 atom stereocenters. The van der Waals surface area contributed by atoms with Gasteiger partial charge in [-0.05, 0) is 93.0 Å². The molecule has 0 amide bonds. The lowest BCUT2D eigenvalue weighted by Gasteiger charge is -2.15. The third-order valence-corrected chi connectivity index (χ3v) is 10.9. The summed E-state index contributed by atoms with van der Waals surface area (Å²) < 4.78 is 4.93. The Morgan fingerprint density at radius 3 is 1.52 bits per heavy atom. The zero-order chi connectivity index (χ0) is 34.2. The second-order valence-electron chi connectivity index (χ2n) is 13.8. The van der Waals surface area contributed by atoms with Crippen molar-refractivity contribution in [3.05, 3.63) is 194 Å². The van der Waals surface area contributed by atoms with Crippen LogP contribution in [0.5, 0.6) is 0 Å². The molecule has 52 heavy (non-hydrogen) atoms. The van der Waals surface area contributed by atoms with E-state index in [2.05, 4.69) is 203 Å². The van der Waals surface area contributed by atoms with Crippen LogP contribution in [-0.2, 0) is 0 Å². The maximum atomic E-state index is 2.49. The summed E-state index contributed by atoms with van der Waals surface area (Å²) in [7, 11) is 0. The Hall–Kier alpha value is -6.90. The lowest BCUT2D eigenvalue weighted by atomic mass is 9.99. The van der Waals surface area contributed by atoms with Crippen LogP contribution in [0.15, 0.2) is 194 Å². The van der Waals surface area contributed by atoms with E-state index in [0.29, 0.717) is 0 Å². The molecule has 0 spiro atoms. The molecule has 0 fully saturated rings. The Bertz CT molecular complexity index is 3160. The van der Waals surface area contributed by atoms with Gasteiger partial charge >= 0.3 is 0 Å². The molecule has 0 saturated heterocycles. The molecule has 0 saturated carbocycles. The molecule has 0 aliphatic heterocycles. The van der Waals surface area contributed by atoms with Gasteiger partial charge in [0.1, 0.15) is 0 Å². The molecule has 2 heteroatoms. The predicted molar refractivity (Wildman–Crippen MR) is 221 cm³/mol. The van der Waals surface area contributed by atoms with E-state index < -0.39 is 0 Å². The number of benzene rings is 9. The minimum atomic E-state index is 1.15. The standard InChI is InChI=1S/C50H32N2/c1-2-12-33(13-3-1)39-31-38-16-6-7-17-41(38)48(32-39)52-45-21-11-9-19-43(45)50-47(52)29-28-46-49(50)42-18-8-10-20-44(42)51(46)40-26-24-35(25-27-40)37-23-22-34-14-4-5-15-36(34)30-37/h1-32H. The second kappa shape index (κ2) is 11.3. The molecule has 0 N–H and O–H groups in total. The van der Waals surface area contributed by atoms with Crippen molar-refractivity contribution >= 4 is 65.2 Å². The fourth-order valence-electron chi connectivity index (χ4n) is 8.50. The maximum Gasteiger partial charge on any atom is 0.0549 e. The van der Waals surface area contributed by atoms with E-state index >= 15 is 0 Å². The van der Waals surface area contributed by atoms with Gasteiger partial charge in [0, 0.05) is 32.6 Å². The summed E-state index contributed by atoms with van der Waals surface area (Å²) in [6.45, 7) is 0. The van der Waals surface area contributed by atoms with Crippen LogP contribution in [0.25, 0.3) is 98.8 Å². The minimum Gasteiger partial charge on any atom is -0.309 e. The van der Waals surface area contributed by atoms with Crippen LogP contribution in [0.1, 0.15) is 0 Å². The SMILES string of the molecule is c1ccc(-c2cc(-n3c4ccccc4c4c5c6ccccc6n(-c6ccc(-c7ccc8ccccc8c7)cc6)c5ccc43)c3ccccc3c2)cc1. The molecule has 9 aromatic carbocycles. The quantitative estimate of drug-likeness (QED) is 0.178. The Labute approximate surface area is 301 Å². The van der Waals surface area contributed by atoms with Crippen molar-refractivity contribution in [3.8, 4) is 33.6 Å². The van der Waals surface area contributed by atoms with Gasteiger partial charge in [0.25, 0.3) is 0 Å². The molecule has 0 aliphatic carbocycles. The van der Waals surface area contributed by atoms with Gasteiger partial charge in [0.05, 0.1) is 27.8 Å². The molecule has 11 rings (SSSR count). The molecule has 0 radical (unpaired) electrons. The predicted octanol–water partition coefficient (Wildman–Crippen LogP) is 13.5. The normalized spacial score (nSPS) is 11.8. The minimum absolute atomic E-state index is 1.15. The Balaban J connectivity index is 1.17. The van der Waals surface area contributed by atoms with Gasteiger partial charge in [-0.25, -0.2) is 0 Å². The van der Waals surface area contributed by atoms with Gasteiger partial charge in [0.2, 0.25) is 0 Å². The average molecular weight is 661 g/mol. The molecular formula is C50H32N2. The fourth-order valence-corrected chi connectivity index (χ4v) is 8.50. The molecule has 11 aromatic rings. The number of hydrogen-bond donors (Lipinski definition) is 0. The van der Waals surface area contributed by atoms with Gasteiger partial charge < -0.3 is 9.13 Å². The molecule has 0 bridgehead atoms. The summed E-state index contributed by atoms with van der Waals surface area (Å²) >= 11 is 0. The molecule has 0 aliphatic rings. The summed E-state index contributed by atoms with van der Waals surface area (Å²) in [5, 5.41) is 10.1. The summed E-state index contributed by atoms with van der Waals surface area (Å²) in [5.74, 6) is 0. The molecular weight excluding hydrogens is 629 g/mol. The summed E-state index contributed by atoms with van der Waals surface area (Å²) in [4.78, 5) is 0. The molecule has 2 heterocycles. The number of rotatable bonds is 4. The Morgan fingerprint density at radius 2 is 0.788 bits per heavy atom. The highest BCUT2D eigenvalue weighted by molar-refractivity contribution is 6.29. The Morgan fingerprint density at radius 1 is 0.269 bits per heavy atom. The third-order valence-electron chi connectivity index (χ3n) is 10.9. The van der Waals surface area contributed by atoms with Crippen LogP contribution in [0.3, 0.4) is 0 Å². The molecule has 0 unspecified atom stereocenters. The van der Waals surface area contributed by atoms with Crippen LogP contribution in [0.2, 0.25) is 0 Å². The first-order valence-corrected chi connectivity index (χ1v) is 17.9. The average Bonchev–Trinajstić information content (AvgIpc) is 3.73. The highest BCUT2D eigenvalue weighted by Crippen LogP contribution is 2.44. The number of fused-ring (bicyclic) bond motifs is 9. The van der Waals surface area contributed by atoms with Crippen molar-refractivity contribution < 1.29 is 0 Å². The summed E-state index contributed by atoms with van der Waals surface area (Å²) in [6.07, 6.45) is 0. The van der Waals surface area contributed by atoms with Gasteiger partial charge in [-0.1, -0.05) is 140 Å². The van der Waals surface area contributed by atoms with Gasteiger partial charge in [-0.15, -0.1) is 0 Å². The summed E-state index contributed by atoms with van der Waals surface area (Å²) in [6, 6.07) is 71.0. The summed E-state index contributed by atoms with van der Waals surface area (Å²) in [5.41, 5.74) is 12.0. The van der Waals surface area contributed by atoms with E-state index in [4.69, 9.17) is 0 Å². The first-order chi connectivity index (χ1) is 25.8. The van der Waals surface area contributed by atoms with Crippen LogP contribution < -0.4 is 0 Å². The lowest BCUT2D eigenvalue weighted by Crippen LogP contribution is -1.97. The van der Waals surface area contributed by atoms with Crippen LogP contribution in [-0.4, -0.2) is 9.13 Å². The third kappa shape index (κ3) is 4.31. The smallest absolute Gasteiger partial charge is 0.0549 e. The van der Waals surface area contributed by atoms with E-state index in [1.807, 2.05) is 0 Å². The lowest BCUT2D eigenvalue weighted by molar-refractivity contribution is 1.18. The van der Waals surface area contributed by atoms with Crippen molar-refractivity contribution in [2.45, 2.75) is 0 Å². The second-order valence-corrected chi connectivity index (χ2v) is 13.8. The number of aromatic nitrogens is 2. The number of para-hydroxylation sites is 2. The Kier molecular flexibility index (Phi) is 6.28. The maximum absolute atomic E-state index is 2.49. The van der Waals surface area contributed by atoms with E-state index in [9.17, 15) is 0 Å². The van der Waals surface area contributed by atoms with Gasteiger partial charge in [-0.3, -0.25) is 0 Å². The number of nitrogens with zero attached hydrogens (tertiary/aromatic N) is 2. The zero-order valence-electron chi connectivity index (χ0n) is 28.4. The van der Waals surface area contributed by atoms with E-state index in [0.717, 1.165) is 5.69 Å². The molecule has 2 nitrogen and oxygen atoms in total. The van der Waals surface area contributed by atoms with Gasteiger partial charge in [0.15, 0.2) is 0 Å². The largest absolute Gasteiger partial charge is 0.309 e.